The van der Waals surface area contributed by atoms with E-state index < -0.39 is 18.0 Å². The second-order valence-electron chi connectivity index (χ2n) is 3.92. The first kappa shape index (κ1) is 12.6. The summed E-state index contributed by atoms with van der Waals surface area (Å²) in [7, 11) is 0. The normalized spacial score (nSPS) is 21.8. The molecular weight excluding hydrogens is 210 g/mol. The van der Waals surface area contributed by atoms with Gasteiger partial charge in [-0.3, -0.25) is 14.4 Å². The predicted molar refractivity (Wildman–Crippen MR) is 56.8 cm³/mol. The minimum atomic E-state index is -0.763. The number of amides is 2. The van der Waals surface area contributed by atoms with Gasteiger partial charge in [0.15, 0.2) is 0 Å². The van der Waals surface area contributed by atoms with Crippen molar-refractivity contribution in [2.45, 2.75) is 37.8 Å². The molecule has 0 aromatic rings. The zero-order valence-electron chi connectivity index (χ0n) is 9.02. The number of carbonyl (C=O) groups is 2. The van der Waals surface area contributed by atoms with Gasteiger partial charge in [-0.1, -0.05) is 0 Å². The summed E-state index contributed by atoms with van der Waals surface area (Å²) in [5, 5.41) is 0. The van der Waals surface area contributed by atoms with Crippen molar-refractivity contribution in [3.05, 3.63) is 0 Å². The number of likely N-dealkylation sites (tertiary alicyclic amines) is 1. The molecule has 16 heavy (non-hydrogen) atoms. The second-order valence-corrected chi connectivity index (χ2v) is 3.92. The minimum Gasteiger partial charge on any atom is -0.370 e. The van der Waals surface area contributed by atoms with Crippen LogP contribution < -0.4 is 11.5 Å². The van der Waals surface area contributed by atoms with E-state index in [1.54, 1.807) is 0 Å². The third-order valence-corrected chi connectivity index (χ3v) is 2.69. The largest absolute Gasteiger partial charge is 0.370 e. The molecule has 89 valence electrons. The first-order valence-electron chi connectivity index (χ1n) is 5.28. The number of primary amides is 1. The lowest BCUT2D eigenvalue weighted by Crippen LogP contribution is -2.46. The van der Waals surface area contributed by atoms with Crippen LogP contribution in [0.15, 0.2) is 0 Å². The average molecular weight is 226 g/mol. The summed E-state index contributed by atoms with van der Waals surface area (Å²) in [6, 6.07) is -1.24. The van der Waals surface area contributed by atoms with Crippen LogP contribution in [0.2, 0.25) is 0 Å². The maximum absolute atomic E-state index is 11.8. The zero-order chi connectivity index (χ0) is 12.1. The van der Waals surface area contributed by atoms with Gasteiger partial charge in [-0.2, -0.15) is 0 Å². The van der Waals surface area contributed by atoms with Gasteiger partial charge in [0.05, 0.1) is 12.1 Å². The number of nitrogens with two attached hydrogens (primary N) is 2. The lowest BCUT2D eigenvalue weighted by atomic mass is 10.1. The van der Waals surface area contributed by atoms with Gasteiger partial charge in [-0.05, 0) is 19.3 Å². The molecule has 1 aliphatic rings. The van der Waals surface area contributed by atoms with E-state index in [1.165, 1.54) is 4.90 Å². The fourth-order valence-electron chi connectivity index (χ4n) is 1.79. The molecule has 1 saturated heterocycles. The SMILES string of the molecule is NC(=O)CC[C@H](N)C(=O)N1CCC[C@H]1[C]=O. The molecule has 0 aromatic heterocycles. The van der Waals surface area contributed by atoms with Gasteiger partial charge in [0, 0.05) is 13.0 Å². The highest BCUT2D eigenvalue weighted by Crippen LogP contribution is 2.16. The van der Waals surface area contributed by atoms with Crippen LogP contribution in [0.25, 0.3) is 0 Å². The second kappa shape index (κ2) is 5.60. The van der Waals surface area contributed by atoms with E-state index >= 15 is 0 Å². The summed E-state index contributed by atoms with van der Waals surface area (Å²) in [6.45, 7) is 0.531. The summed E-state index contributed by atoms with van der Waals surface area (Å²) < 4.78 is 0. The Hall–Kier alpha value is -1.43. The van der Waals surface area contributed by atoms with Crippen molar-refractivity contribution in [3.8, 4) is 0 Å². The van der Waals surface area contributed by atoms with E-state index in [0.29, 0.717) is 13.0 Å². The summed E-state index contributed by atoms with van der Waals surface area (Å²) in [5.74, 6) is -0.782. The maximum atomic E-state index is 11.8. The van der Waals surface area contributed by atoms with E-state index in [4.69, 9.17) is 11.5 Å². The molecule has 6 heteroatoms. The summed E-state index contributed by atoms with van der Waals surface area (Å²) >= 11 is 0. The fourth-order valence-corrected chi connectivity index (χ4v) is 1.79. The van der Waals surface area contributed by atoms with E-state index in [-0.39, 0.29) is 18.7 Å². The standard InChI is InChI=1S/C10H16N3O3/c11-8(3-4-9(12)15)10(16)13-5-1-2-7(13)6-14/h7-8H,1-5,11H2,(H2,12,15)/t7-,8-/m0/s1. The molecule has 1 rings (SSSR count). The molecule has 0 aromatic carbocycles. The van der Waals surface area contributed by atoms with Gasteiger partial charge in [-0.25, -0.2) is 0 Å². The molecule has 6 nitrogen and oxygen atoms in total. The molecule has 0 saturated carbocycles. The highest BCUT2D eigenvalue weighted by Gasteiger charge is 2.31. The molecule has 0 unspecified atom stereocenters. The lowest BCUT2D eigenvalue weighted by Gasteiger charge is -2.23. The molecule has 1 heterocycles. The Bertz CT molecular complexity index is 293. The van der Waals surface area contributed by atoms with Crippen molar-refractivity contribution in [2.24, 2.45) is 11.5 Å². The van der Waals surface area contributed by atoms with Crippen LogP contribution in [0.1, 0.15) is 25.7 Å². The first-order valence-corrected chi connectivity index (χ1v) is 5.28. The molecule has 2 atom stereocenters. The van der Waals surface area contributed by atoms with Crippen LogP contribution in [0, 0.1) is 0 Å². The topological polar surface area (TPSA) is 106 Å². The third-order valence-electron chi connectivity index (χ3n) is 2.69. The van der Waals surface area contributed by atoms with Gasteiger partial charge in [0.1, 0.15) is 0 Å². The number of hydrogen-bond donors (Lipinski definition) is 2. The fraction of sp³-hybridized carbons (Fsp3) is 0.700. The third kappa shape index (κ3) is 3.03. The van der Waals surface area contributed by atoms with Crippen LogP contribution in [-0.4, -0.2) is 41.6 Å². The molecule has 0 spiro atoms. The smallest absolute Gasteiger partial charge is 0.240 e. The Morgan fingerprint density at radius 2 is 2.19 bits per heavy atom. The predicted octanol–water partition coefficient (Wildman–Crippen LogP) is -1.32. The first-order chi connectivity index (χ1) is 7.56. The van der Waals surface area contributed by atoms with Crippen molar-refractivity contribution in [2.75, 3.05) is 6.54 Å². The summed E-state index contributed by atoms with van der Waals surface area (Å²) in [4.78, 5) is 34.4. The molecule has 0 aliphatic carbocycles. The Balaban J connectivity index is 2.49. The van der Waals surface area contributed by atoms with E-state index in [0.717, 1.165) is 6.42 Å². The molecular formula is C10H16N3O3. The maximum Gasteiger partial charge on any atom is 0.240 e. The molecule has 4 N–H and O–H groups in total. The monoisotopic (exact) mass is 226 g/mol. The molecule has 2 amide bonds. The molecule has 1 aliphatic heterocycles. The van der Waals surface area contributed by atoms with E-state index in [1.807, 2.05) is 6.29 Å². The van der Waals surface area contributed by atoms with Crippen LogP contribution in [0.3, 0.4) is 0 Å². The van der Waals surface area contributed by atoms with Crippen LogP contribution in [0.4, 0.5) is 0 Å². The van der Waals surface area contributed by atoms with E-state index in [9.17, 15) is 14.4 Å². The molecule has 0 bridgehead atoms. The zero-order valence-corrected chi connectivity index (χ0v) is 9.02. The Morgan fingerprint density at radius 3 is 2.75 bits per heavy atom. The van der Waals surface area contributed by atoms with Gasteiger partial charge >= 0.3 is 0 Å². The average Bonchev–Trinajstić information content (AvgIpc) is 2.72. The van der Waals surface area contributed by atoms with Gasteiger partial charge in [0.25, 0.3) is 0 Å². The minimum absolute atomic E-state index is 0.0796. The van der Waals surface area contributed by atoms with Crippen LogP contribution in [-0.2, 0) is 14.4 Å². The van der Waals surface area contributed by atoms with Crippen molar-refractivity contribution in [1.82, 2.24) is 4.90 Å². The van der Waals surface area contributed by atoms with Crippen molar-refractivity contribution in [1.29, 1.82) is 0 Å². The van der Waals surface area contributed by atoms with Crippen molar-refractivity contribution < 1.29 is 14.4 Å². The Morgan fingerprint density at radius 1 is 1.50 bits per heavy atom. The van der Waals surface area contributed by atoms with Crippen molar-refractivity contribution in [3.63, 3.8) is 0 Å². The van der Waals surface area contributed by atoms with Crippen LogP contribution in [0.5, 0.6) is 0 Å². The quantitative estimate of drug-likeness (QED) is 0.606. The van der Waals surface area contributed by atoms with Gasteiger partial charge in [-0.15, -0.1) is 0 Å². The number of carbonyl (C=O) groups excluding carboxylic acids is 3. The van der Waals surface area contributed by atoms with E-state index in [2.05, 4.69) is 0 Å². The number of rotatable bonds is 5. The Labute approximate surface area is 93.9 Å². The summed E-state index contributed by atoms with van der Waals surface area (Å²) in [6.07, 6.45) is 3.54. The van der Waals surface area contributed by atoms with Crippen LogP contribution >= 0.6 is 0 Å². The van der Waals surface area contributed by atoms with Gasteiger partial charge < -0.3 is 16.4 Å². The molecule has 1 radical (unpaired) electrons. The highest BCUT2D eigenvalue weighted by molar-refractivity contribution is 5.85. The summed E-state index contributed by atoms with van der Waals surface area (Å²) in [5.41, 5.74) is 10.6. The number of nitrogens with zero attached hydrogens (tertiary/aromatic N) is 1. The Kier molecular flexibility index (Phi) is 4.42. The number of hydrogen-bond acceptors (Lipinski definition) is 4. The van der Waals surface area contributed by atoms with Gasteiger partial charge in [0.2, 0.25) is 18.1 Å². The van der Waals surface area contributed by atoms with Crippen molar-refractivity contribution >= 4 is 18.1 Å². The lowest BCUT2D eigenvalue weighted by molar-refractivity contribution is -0.132. The highest BCUT2D eigenvalue weighted by atomic mass is 16.2. The molecule has 1 fully saturated rings.